The maximum atomic E-state index is 17.2. The maximum Gasteiger partial charge on any atom is 0.407 e. The second-order valence-electron chi connectivity index (χ2n) is 21.5. The summed E-state index contributed by atoms with van der Waals surface area (Å²) in [5.74, 6) is -0.980. The number of aromatic nitrogens is 3. The van der Waals surface area contributed by atoms with Gasteiger partial charge in [-0.15, -0.1) is 6.42 Å². The van der Waals surface area contributed by atoms with Gasteiger partial charge in [-0.25, -0.2) is 13.6 Å². The number of hydrogen-bond donors (Lipinski definition) is 4. The minimum Gasteiger partial charge on any atom is -0.461 e. The van der Waals surface area contributed by atoms with E-state index in [1.54, 1.807) is 48.7 Å². The summed E-state index contributed by atoms with van der Waals surface area (Å²) in [5.41, 5.74) is 1.98. The van der Waals surface area contributed by atoms with Crippen molar-refractivity contribution in [3.63, 3.8) is 0 Å². The summed E-state index contributed by atoms with van der Waals surface area (Å²) in [6, 6.07) is 12.4. The molecule has 6 fully saturated rings. The van der Waals surface area contributed by atoms with Gasteiger partial charge >= 0.3 is 12.1 Å². The maximum absolute atomic E-state index is 17.2. The molecule has 6 amide bonds. The largest absolute Gasteiger partial charge is 0.461 e. The van der Waals surface area contributed by atoms with Gasteiger partial charge in [0.1, 0.15) is 42.1 Å². The number of piperazine rings is 1. The number of terminal acetylenes is 1. The van der Waals surface area contributed by atoms with Crippen molar-refractivity contribution in [1.29, 1.82) is 0 Å². The van der Waals surface area contributed by atoms with E-state index in [4.69, 9.17) is 25.9 Å². The number of halogens is 2. The van der Waals surface area contributed by atoms with E-state index in [1.807, 2.05) is 4.90 Å². The third-order valence-corrected chi connectivity index (χ3v) is 16.7. The van der Waals surface area contributed by atoms with Gasteiger partial charge in [0.25, 0.3) is 11.8 Å². The number of amides is 6. The van der Waals surface area contributed by atoms with Crippen molar-refractivity contribution in [2.24, 2.45) is 5.92 Å². The number of piperidine rings is 2. The standard InChI is InChI=1S/C57H57F2N11O8/c1-3-38-43(58)12-7-32-5-4-6-40(46(32)38)48-47(59)49-42(25-62-48)50(68-27-34-8-9-35(28-68)63-34)66-55(65-49)78-30-57-18-15-37(69(57)26-31(2)24-57)29-77-56(76)61-20-19-60-51(72)33-16-21-67(22-17-33)36-10-11-39-41(23-36)54(75)70(53(39)74)44-13-14-45(71)64-52(44)73/h1,4-7,10-12,23,25,33-35,37,44,63H,2,8-9,13-22,24,26-30H2,(H,60,72)(H,61,76)(H,64,71,73)/t34-,35+,37-,44?,57-/m0/s1. The molecule has 9 heterocycles. The second-order valence-corrected chi connectivity index (χ2v) is 21.5. The lowest BCUT2D eigenvalue weighted by atomic mass is 9.94. The number of imide groups is 2. The lowest BCUT2D eigenvalue weighted by Gasteiger charge is -2.35. The predicted molar refractivity (Wildman–Crippen MR) is 282 cm³/mol. The Morgan fingerprint density at radius 1 is 0.897 bits per heavy atom. The number of ether oxygens (including phenoxy) is 2. The van der Waals surface area contributed by atoms with E-state index in [1.165, 1.54) is 6.07 Å². The number of benzene rings is 3. The Morgan fingerprint density at radius 2 is 1.68 bits per heavy atom. The zero-order valence-corrected chi connectivity index (χ0v) is 42.7. The second kappa shape index (κ2) is 20.4. The molecule has 2 aromatic heterocycles. The first kappa shape index (κ1) is 50.7. The molecule has 0 radical (unpaired) electrons. The van der Waals surface area contributed by atoms with Gasteiger partial charge in [-0.3, -0.25) is 44.1 Å². The van der Waals surface area contributed by atoms with Crippen LogP contribution in [0.3, 0.4) is 0 Å². The van der Waals surface area contributed by atoms with E-state index >= 15 is 8.78 Å². The molecule has 5 aromatic rings. The highest BCUT2D eigenvalue weighted by Gasteiger charge is 2.52. The van der Waals surface area contributed by atoms with Crippen molar-refractivity contribution in [2.45, 2.75) is 87.5 Å². The lowest BCUT2D eigenvalue weighted by molar-refractivity contribution is -0.136. The molecular formula is C57H57F2N11O8. The molecule has 0 spiro atoms. The number of alkyl carbamates (subject to hydrolysis) is 1. The summed E-state index contributed by atoms with van der Waals surface area (Å²) in [6.07, 6.45) is 12.1. The molecule has 6 saturated heterocycles. The Hall–Kier alpha value is -8.09. The van der Waals surface area contributed by atoms with Crippen LogP contribution >= 0.6 is 0 Å². The van der Waals surface area contributed by atoms with Crippen molar-refractivity contribution in [3.05, 3.63) is 95.2 Å². The van der Waals surface area contributed by atoms with Crippen LogP contribution in [-0.4, -0.2) is 149 Å². The van der Waals surface area contributed by atoms with Crippen LogP contribution in [0.2, 0.25) is 0 Å². The zero-order chi connectivity index (χ0) is 54.0. The van der Waals surface area contributed by atoms with Crippen molar-refractivity contribution in [3.8, 4) is 29.6 Å². The van der Waals surface area contributed by atoms with Crippen LogP contribution < -0.4 is 35.8 Å². The monoisotopic (exact) mass is 1060 g/mol. The fourth-order valence-electron chi connectivity index (χ4n) is 12.9. The van der Waals surface area contributed by atoms with Crippen LogP contribution in [0.5, 0.6) is 6.01 Å². The third-order valence-electron chi connectivity index (χ3n) is 16.7. The fourth-order valence-corrected chi connectivity index (χ4v) is 12.9. The normalized spacial score (nSPS) is 24.2. The summed E-state index contributed by atoms with van der Waals surface area (Å²) in [5, 5.41) is 13.0. The summed E-state index contributed by atoms with van der Waals surface area (Å²) in [4.78, 5) is 98.5. The number of nitrogens with zero attached hydrogens (tertiary/aromatic N) is 7. The van der Waals surface area contributed by atoms with Crippen molar-refractivity contribution in [2.75, 3.05) is 68.8 Å². The predicted octanol–water partition coefficient (Wildman–Crippen LogP) is 4.75. The summed E-state index contributed by atoms with van der Waals surface area (Å²) < 4.78 is 44.5. The van der Waals surface area contributed by atoms with Gasteiger partial charge in [0, 0.05) is 99.1 Å². The highest BCUT2D eigenvalue weighted by atomic mass is 19.1. The molecule has 3 aromatic carbocycles. The minimum absolute atomic E-state index is 0.00679. The van der Waals surface area contributed by atoms with Gasteiger partial charge in [0.2, 0.25) is 17.7 Å². The molecule has 19 nitrogen and oxygen atoms in total. The molecule has 0 aliphatic carbocycles. The van der Waals surface area contributed by atoms with Gasteiger partial charge in [-0.05, 0) is 81.0 Å². The Balaban J connectivity index is 0.648. The molecule has 5 atom stereocenters. The first-order valence-corrected chi connectivity index (χ1v) is 26.7. The molecule has 12 rings (SSSR count). The minimum atomic E-state index is -1.05. The highest BCUT2D eigenvalue weighted by Crippen LogP contribution is 2.45. The smallest absolute Gasteiger partial charge is 0.407 e. The van der Waals surface area contributed by atoms with Crippen molar-refractivity contribution >= 4 is 68.8 Å². The lowest BCUT2D eigenvalue weighted by Crippen LogP contribution is -2.54. The number of pyridine rings is 1. The Labute approximate surface area is 447 Å². The SMILES string of the molecule is C#Cc1c(F)ccc2cccc(-c3ncc4c(N5C[C@H]6CC[C@@H](C5)N6)nc(OC[C@@]56CC[C@@H](COC(=O)NCCNC(=O)C7CCN(c8ccc9c(c8)C(=O)N(C8CCC(=O)NC8=O)C9=O)CC7)N5CC(=C)C6)nc4c3F)c12. The molecule has 1 unspecified atom stereocenters. The van der Waals surface area contributed by atoms with E-state index in [-0.39, 0.29) is 103 Å². The van der Waals surface area contributed by atoms with E-state index in [2.05, 4.69) is 48.6 Å². The average molecular weight is 1060 g/mol. The van der Waals surface area contributed by atoms with Gasteiger partial charge < -0.3 is 35.2 Å². The first-order chi connectivity index (χ1) is 37.7. The molecule has 4 N–H and O–H groups in total. The van der Waals surface area contributed by atoms with Crippen LogP contribution in [-0.2, 0) is 19.1 Å². The molecule has 21 heteroatoms. The van der Waals surface area contributed by atoms with Crippen LogP contribution in [0.4, 0.5) is 25.1 Å². The van der Waals surface area contributed by atoms with Crippen LogP contribution in [0, 0.1) is 29.9 Å². The quantitative estimate of drug-likeness (QED) is 0.0541. The van der Waals surface area contributed by atoms with Crippen LogP contribution in [0.15, 0.2) is 66.9 Å². The first-order valence-electron chi connectivity index (χ1n) is 26.7. The van der Waals surface area contributed by atoms with E-state index < -0.39 is 52.9 Å². The van der Waals surface area contributed by atoms with E-state index in [9.17, 15) is 28.8 Å². The summed E-state index contributed by atoms with van der Waals surface area (Å²) in [7, 11) is 0. The molecule has 78 heavy (non-hydrogen) atoms. The number of nitrogens with one attached hydrogen (secondary N) is 4. The van der Waals surface area contributed by atoms with Crippen LogP contribution in [0.1, 0.15) is 84.1 Å². The van der Waals surface area contributed by atoms with Gasteiger partial charge in [0.05, 0.1) is 27.6 Å². The van der Waals surface area contributed by atoms with Gasteiger partial charge in [-0.2, -0.15) is 9.97 Å². The Kier molecular flexibility index (Phi) is 13.2. The number of carbonyl (C=O) groups excluding carboxylic acids is 6. The molecule has 2 bridgehead atoms. The molecule has 7 aliphatic heterocycles. The molecule has 7 aliphatic rings. The summed E-state index contributed by atoms with van der Waals surface area (Å²) in [6.45, 7) is 7.90. The zero-order valence-electron chi connectivity index (χ0n) is 42.7. The number of rotatable bonds is 13. The molecule has 0 saturated carbocycles. The molecule has 402 valence electrons. The fraction of sp³-hybridized carbons (Fsp3) is 0.421. The number of hydrogen-bond acceptors (Lipinski definition) is 15. The van der Waals surface area contributed by atoms with Gasteiger partial charge in [0.15, 0.2) is 5.82 Å². The average Bonchev–Trinajstić information content (AvgIpc) is 4.32. The topological polar surface area (TPSA) is 221 Å². The third kappa shape index (κ3) is 9.19. The van der Waals surface area contributed by atoms with Crippen LogP contribution in [0.25, 0.3) is 32.9 Å². The number of anilines is 2. The number of carbonyl (C=O) groups is 6. The highest BCUT2D eigenvalue weighted by molar-refractivity contribution is 6.23. The Morgan fingerprint density at radius 3 is 2.46 bits per heavy atom. The number of fused-ring (bicyclic) bond motifs is 6. The van der Waals surface area contributed by atoms with E-state index in [0.717, 1.165) is 29.0 Å². The Bertz CT molecular complexity index is 3400. The van der Waals surface area contributed by atoms with Crippen molar-refractivity contribution < 1.29 is 47.0 Å². The van der Waals surface area contributed by atoms with Gasteiger partial charge in [-0.1, -0.05) is 42.3 Å². The van der Waals surface area contributed by atoms with E-state index in [0.29, 0.717) is 92.4 Å². The summed E-state index contributed by atoms with van der Waals surface area (Å²) >= 11 is 0. The van der Waals surface area contributed by atoms with Crippen molar-refractivity contribution in [1.82, 2.24) is 46.0 Å². The molecular weight excluding hydrogens is 1000 g/mol.